The molecule has 62 valence electrons. The van der Waals surface area contributed by atoms with Crippen LogP contribution in [0.4, 0.5) is 4.39 Å². The minimum Gasteiger partial charge on any atom is -0.295 e. The van der Waals surface area contributed by atoms with Gasteiger partial charge in [-0.15, -0.1) is 0 Å². The van der Waals surface area contributed by atoms with Crippen molar-refractivity contribution in [3.05, 3.63) is 32.8 Å². The lowest BCUT2D eigenvalue weighted by Crippen LogP contribution is -1.97. The number of hydrogen-bond donors (Lipinski definition) is 2. The number of benzene rings is 1. The highest BCUT2D eigenvalue weighted by Crippen LogP contribution is 2.18. The summed E-state index contributed by atoms with van der Waals surface area (Å²) in [6, 6.07) is 2.86. The maximum Gasteiger partial charge on any atom is 0.271 e. The first-order valence-corrected chi connectivity index (χ1v) is 4.03. The second kappa shape index (κ2) is 2.45. The van der Waals surface area contributed by atoms with Crippen molar-refractivity contribution in [1.29, 1.82) is 0 Å². The summed E-state index contributed by atoms with van der Waals surface area (Å²) < 4.78 is 13.6. The zero-order valence-electron chi connectivity index (χ0n) is 5.82. The predicted molar refractivity (Wildman–Crippen MR) is 46.6 cm³/mol. The Hall–Kier alpha value is -1.10. The Balaban J connectivity index is 3.02. The van der Waals surface area contributed by atoms with Crippen molar-refractivity contribution < 1.29 is 4.39 Å². The third kappa shape index (κ3) is 0.972. The van der Waals surface area contributed by atoms with E-state index in [1.54, 1.807) is 6.07 Å². The van der Waals surface area contributed by atoms with E-state index in [0.29, 0.717) is 9.86 Å². The Morgan fingerprint density at radius 1 is 1.33 bits per heavy atom. The minimum atomic E-state index is -0.447. The van der Waals surface area contributed by atoms with E-state index in [1.165, 1.54) is 6.07 Å². The highest BCUT2D eigenvalue weighted by molar-refractivity contribution is 9.10. The number of aromatic nitrogens is 2. The first kappa shape index (κ1) is 7.54. The Morgan fingerprint density at radius 2 is 2.08 bits per heavy atom. The molecule has 0 unspecified atom stereocenters. The molecule has 0 aliphatic rings. The predicted octanol–water partition coefficient (Wildman–Crippen LogP) is 1.76. The molecule has 0 atom stereocenters. The molecule has 1 heterocycles. The number of fused-ring (bicyclic) bond motifs is 1. The Kier molecular flexibility index (Phi) is 1.54. The molecular formula is C7H4BrFN2O. The van der Waals surface area contributed by atoms with Gasteiger partial charge in [0.25, 0.3) is 5.56 Å². The lowest BCUT2D eigenvalue weighted by atomic mass is 10.2. The summed E-state index contributed by atoms with van der Waals surface area (Å²) in [5.74, 6) is -0.447. The standard InChI is InChI=1S/C7H4BrFN2O/c8-3-1-4-6(5(9)2-3)10-11-7(4)12/h1-2H,(H2,10,11,12). The normalized spacial score (nSPS) is 10.8. The van der Waals surface area contributed by atoms with Crippen molar-refractivity contribution >= 4 is 26.8 Å². The molecule has 2 rings (SSSR count). The summed E-state index contributed by atoms with van der Waals surface area (Å²) in [6.07, 6.45) is 0. The van der Waals surface area contributed by atoms with Gasteiger partial charge in [-0.1, -0.05) is 15.9 Å². The van der Waals surface area contributed by atoms with Crippen molar-refractivity contribution in [2.45, 2.75) is 0 Å². The van der Waals surface area contributed by atoms with Gasteiger partial charge >= 0.3 is 0 Å². The van der Waals surface area contributed by atoms with Crippen LogP contribution in [0.5, 0.6) is 0 Å². The van der Waals surface area contributed by atoms with Gasteiger partial charge in [0.2, 0.25) is 0 Å². The molecule has 0 bridgehead atoms. The van der Waals surface area contributed by atoms with Gasteiger partial charge in [0.15, 0.2) is 0 Å². The van der Waals surface area contributed by atoms with E-state index in [-0.39, 0.29) is 11.1 Å². The molecule has 0 spiro atoms. The van der Waals surface area contributed by atoms with E-state index in [9.17, 15) is 9.18 Å². The lowest BCUT2D eigenvalue weighted by molar-refractivity contribution is 0.635. The van der Waals surface area contributed by atoms with Gasteiger partial charge in [0.05, 0.1) is 5.39 Å². The maximum absolute atomic E-state index is 13.0. The molecule has 3 nitrogen and oxygen atoms in total. The molecule has 0 fully saturated rings. The van der Waals surface area contributed by atoms with Crippen LogP contribution in [0.15, 0.2) is 21.4 Å². The molecule has 0 amide bonds. The van der Waals surface area contributed by atoms with Gasteiger partial charge in [0.1, 0.15) is 11.3 Å². The molecule has 1 aromatic carbocycles. The Labute approximate surface area is 74.7 Å². The van der Waals surface area contributed by atoms with Gasteiger partial charge in [0, 0.05) is 4.47 Å². The molecule has 0 saturated carbocycles. The van der Waals surface area contributed by atoms with Crippen LogP contribution in [0, 0.1) is 5.82 Å². The molecule has 0 aliphatic heterocycles. The fourth-order valence-electron chi connectivity index (χ4n) is 1.07. The molecular weight excluding hydrogens is 227 g/mol. The van der Waals surface area contributed by atoms with Crippen molar-refractivity contribution in [1.82, 2.24) is 10.2 Å². The Bertz CT molecular complexity index is 488. The largest absolute Gasteiger partial charge is 0.295 e. The summed E-state index contributed by atoms with van der Waals surface area (Å²) in [5, 5.41) is 5.07. The average Bonchev–Trinajstić information content (AvgIpc) is 2.33. The van der Waals surface area contributed by atoms with E-state index in [2.05, 4.69) is 26.1 Å². The molecule has 0 saturated heterocycles. The molecule has 2 N–H and O–H groups in total. The van der Waals surface area contributed by atoms with E-state index in [4.69, 9.17) is 0 Å². The van der Waals surface area contributed by atoms with Crippen LogP contribution in [0.1, 0.15) is 0 Å². The molecule has 1 aromatic heterocycles. The first-order chi connectivity index (χ1) is 5.68. The quantitative estimate of drug-likeness (QED) is 0.712. The average molecular weight is 231 g/mol. The maximum atomic E-state index is 13.0. The molecule has 0 radical (unpaired) electrons. The van der Waals surface area contributed by atoms with Crippen LogP contribution in [0.3, 0.4) is 0 Å². The van der Waals surface area contributed by atoms with Gasteiger partial charge in [-0.05, 0) is 12.1 Å². The minimum absolute atomic E-state index is 0.211. The Morgan fingerprint density at radius 3 is 2.83 bits per heavy atom. The van der Waals surface area contributed by atoms with Crippen molar-refractivity contribution in [2.75, 3.05) is 0 Å². The summed E-state index contributed by atoms with van der Waals surface area (Å²) >= 11 is 3.10. The second-order valence-electron chi connectivity index (χ2n) is 2.39. The van der Waals surface area contributed by atoms with Crippen LogP contribution in [-0.2, 0) is 0 Å². The van der Waals surface area contributed by atoms with Crippen LogP contribution in [0.25, 0.3) is 10.9 Å². The van der Waals surface area contributed by atoms with Crippen molar-refractivity contribution in [3.63, 3.8) is 0 Å². The summed E-state index contributed by atoms with van der Waals surface area (Å²) in [5.41, 5.74) is -0.103. The van der Waals surface area contributed by atoms with E-state index in [0.717, 1.165) is 0 Å². The van der Waals surface area contributed by atoms with Crippen LogP contribution in [-0.4, -0.2) is 10.2 Å². The van der Waals surface area contributed by atoms with Crippen molar-refractivity contribution in [2.24, 2.45) is 0 Å². The number of halogens is 2. The number of H-pyrrole nitrogens is 2. The number of nitrogens with one attached hydrogen (secondary N) is 2. The first-order valence-electron chi connectivity index (χ1n) is 3.24. The SMILES string of the molecule is O=c1[nH][nH]c2c(F)cc(Br)cc12. The van der Waals surface area contributed by atoms with E-state index in [1.807, 2.05) is 0 Å². The van der Waals surface area contributed by atoms with E-state index >= 15 is 0 Å². The third-order valence-electron chi connectivity index (χ3n) is 1.60. The summed E-state index contributed by atoms with van der Waals surface area (Å²) in [7, 11) is 0. The zero-order valence-corrected chi connectivity index (χ0v) is 7.40. The van der Waals surface area contributed by atoms with Gasteiger partial charge < -0.3 is 0 Å². The fraction of sp³-hybridized carbons (Fsp3) is 0. The van der Waals surface area contributed by atoms with Gasteiger partial charge in [-0.25, -0.2) is 4.39 Å². The smallest absolute Gasteiger partial charge is 0.271 e. The summed E-state index contributed by atoms with van der Waals surface area (Å²) in [4.78, 5) is 11.0. The molecule has 2 aromatic rings. The van der Waals surface area contributed by atoms with Crippen molar-refractivity contribution in [3.8, 4) is 0 Å². The number of aromatic amines is 2. The number of hydrogen-bond acceptors (Lipinski definition) is 1. The third-order valence-corrected chi connectivity index (χ3v) is 2.06. The highest BCUT2D eigenvalue weighted by Gasteiger charge is 2.06. The molecule has 12 heavy (non-hydrogen) atoms. The molecule has 5 heteroatoms. The van der Waals surface area contributed by atoms with Gasteiger partial charge in [-0.3, -0.25) is 15.0 Å². The summed E-state index contributed by atoms with van der Waals surface area (Å²) in [6.45, 7) is 0. The van der Waals surface area contributed by atoms with Crippen LogP contribution in [0.2, 0.25) is 0 Å². The topological polar surface area (TPSA) is 48.6 Å². The lowest BCUT2D eigenvalue weighted by Gasteiger charge is -1.91. The highest BCUT2D eigenvalue weighted by atomic mass is 79.9. The monoisotopic (exact) mass is 230 g/mol. The van der Waals surface area contributed by atoms with Crippen LogP contribution < -0.4 is 5.56 Å². The van der Waals surface area contributed by atoms with Crippen LogP contribution >= 0.6 is 15.9 Å². The van der Waals surface area contributed by atoms with Gasteiger partial charge in [-0.2, -0.15) is 0 Å². The van der Waals surface area contributed by atoms with E-state index < -0.39 is 5.82 Å². The fourth-order valence-corrected chi connectivity index (χ4v) is 1.50. The zero-order chi connectivity index (χ0) is 8.72. The second-order valence-corrected chi connectivity index (χ2v) is 3.30. The number of rotatable bonds is 0. The molecule has 0 aliphatic carbocycles.